The van der Waals surface area contributed by atoms with Crippen LogP contribution in [0.25, 0.3) is 10.2 Å². The highest BCUT2D eigenvalue weighted by Crippen LogP contribution is 2.27. The van der Waals surface area contributed by atoms with Gasteiger partial charge in [0.15, 0.2) is 0 Å². The second kappa shape index (κ2) is 7.61. The number of fused-ring (bicyclic) bond motifs is 1. The SMILES string of the molecule is CCN(C(=O)CCNc1ncnc2sc(C)cc12)c1cccc(C)c1. The molecule has 1 aromatic carbocycles. The smallest absolute Gasteiger partial charge is 0.228 e. The summed E-state index contributed by atoms with van der Waals surface area (Å²) in [5.74, 6) is 0.896. The number of nitrogens with one attached hydrogen (secondary N) is 1. The Kier molecular flexibility index (Phi) is 5.28. The van der Waals surface area contributed by atoms with E-state index in [1.807, 2.05) is 43.0 Å². The van der Waals surface area contributed by atoms with Gasteiger partial charge in [-0.2, -0.15) is 0 Å². The third-order valence-electron chi connectivity index (χ3n) is 4.01. The van der Waals surface area contributed by atoms with Crippen molar-refractivity contribution in [3.63, 3.8) is 0 Å². The molecule has 0 atom stereocenters. The molecular formula is C19H22N4OS. The van der Waals surface area contributed by atoms with E-state index < -0.39 is 0 Å². The lowest BCUT2D eigenvalue weighted by Crippen LogP contribution is -2.32. The summed E-state index contributed by atoms with van der Waals surface area (Å²) in [4.78, 5) is 25.2. The first kappa shape index (κ1) is 17.4. The molecule has 0 saturated carbocycles. The van der Waals surface area contributed by atoms with Crippen molar-refractivity contribution in [3.8, 4) is 0 Å². The molecule has 0 aliphatic rings. The maximum atomic E-state index is 12.6. The van der Waals surface area contributed by atoms with Crippen LogP contribution in [0.1, 0.15) is 23.8 Å². The zero-order chi connectivity index (χ0) is 17.8. The van der Waals surface area contributed by atoms with Gasteiger partial charge in [0.25, 0.3) is 0 Å². The number of nitrogens with zero attached hydrogens (tertiary/aromatic N) is 3. The van der Waals surface area contributed by atoms with Crippen molar-refractivity contribution in [2.24, 2.45) is 0 Å². The summed E-state index contributed by atoms with van der Waals surface area (Å²) in [5.41, 5.74) is 2.10. The first-order chi connectivity index (χ1) is 12.1. The second-order valence-electron chi connectivity index (χ2n) is 5.95. The van der Waals surface area contributed by atoms with Crippen molar-refractivity contribution < 1.29 is 4.79 Å². The van der Waals surface area contributed by atoms with Crippen molar-refractivity contribution in [2.45, 2.75) is 27.2 Å². The number of aryl methyl sites for hydroxylation is 2. The van der Waals surface area contributed by atoms with Gasteiger partial charge in [0.05, 0.1) is 5.39 Å². The molecule has 2 aromatic heterocycles. The molecule has 130 valence electrons. The lowest BCUT2D eigenvalue weighted by molar-refractivity contribution is -0.118. The van der Waals surface area contributed by atoms with Gasteiger partial charge in [-0.3, -0.25) is 4.79 Å². The molecule has 0 unspecified atom stereocenters. The van der Waals surface area contributed by atoms with Gasteiger partial charge in [0, 0.05) is 30.1 Å². The quantitative estimate of drug-likeness (QED) is 0.722. The third kappa shape index (κ3) is 3.96. The molecule has 0 saturated heterocycles. The van der Waals surface area contributed by atoms with E-state index in [9.17, 15) is 4.79 Å². The van der Waals surface area contributed by atoms with Crippen LogP contribution in [0, 0.1) is 13.8 Å². The highest BCUT2D eigenvalue weighted by atomic mass is 32.1. The first-order valence-corrected chi connectivity index (χ1v) is 9.22. The summed E-state index contributed by atoms with van der Waals surface area (Å²) in [6.07, 6.45) is 1.98. The fourth-order valence-corrected chi connectivity index (χ4v) is 3.69. The number of anilines is 2. The molecule has 1 N–H and O–H groups in total. The number of benzene rings is 1. The Morgan fingerprint density at radius 1 is 1.24 bits per heavy atom. The van der Waals surface area contributed by atoms with E-state index in [4.69, 9.17) is 0 Å². The van der Waals surface area contributed by atoms with E-state index in [1.165, 1.54) is 4.88 Å². The highest BCUT2D eigenvalue weighted by Gasteiger charge is 2.14. The molecule has 3 aromatic rings. The number of carbonyl (C=O) groups is 1. The number of hydrogen-bond donors (Lipinski definition) is 1. The largest absolute Gasteiger partial charge is 0.369 e. The summed E-state index contributed by atoms with van der Waals surface area (Å²) in [7, 11) is 0. The minimum Gasteiger partial charge on any atom is -0.369 e. The van der Waals surface area contributed by atoms with Crippen LogP contribution in [0.4, 0.5) is 11.5 Å². The van der Waals surface area contributed by atoms with Crippen LogP contribution in [0.2, 0.25) is 0 Å². The molecule has 0 radical (unpaired) electrons. The van der Waals surface area contributed by atoms with E-state index >= 15 is 0 Å². The molecule has 1 amide bonds. The molecule has 25 heavy (non-hydrogen) atoms. The van der Waals surface area contributed by atoms with Crippen LogP contribution in [0.15, 0.2) is 36.7 Å². The maximum absolute atomic E-state index is 12.6. The summed E-state index contributed by atoms with van der Waals surface area (Å²) < 4.78 is 0. The second-order valence-corrected chi connectivity index (χ2v) is 7.19. The zero-order valence-corrected chi connectivity index (χ0v) is 15.6. The van der Waals surface area contributed by atoms with Crippen molar-refractivity contribution in [1.29, 1.82) is 0 Å². The number of carbonyl (C=O) groups excluding carboxylic acids is 1. The van der Waals surface area contributed by atoms with Crippen LogP contribution in [0.5, 0.6) is 0 Å². The normalized spacial score (nSPS) is 10.8. The van der Waals surface area contributed by atoms with Crippen molar-refractivity contribution in [2.75, 3.05) is 23.3 Å². The van der Waals surface area contributed by atoms with Gasteiger partial charge in [0.2, 0.25) is 5.91 Å². The number of aromatic nitrogens is 2. The molecule has 6 heteroatoms. The van der Waals surface area contributed by atoms with Crippen LogP contribution in [0.3, 0.4) is 0 Å². The summed E-state index contributed by atoms with van der Waals surface area (Å²) in [6.45, 7) is 7.29. The Hall–Kier alpha value is -2.47. The fraction of sp³-hybridized carbons (Fsp3) is 0.316. The lowest BCUT2D eigenvalue weighted by Gasteiger charge is -2.21. The Labute approximate surface area is 151 Å². The van der Waals surface area contributed by atoms with Gasteiger partial charge in [0.1, 0.15) is 17.0 Å². The molecular weight excluding hydrogens is 332 g/mol. The Morgan fingerprint density at radius 3 is 2.84 bits per heavy atom. The Balaban J connectivity index is 1.65. The van der Waals surface area contributed by atoms with Crippen LogP contribution >= 0.6 is 11.3 Å². The standard InChI is InChI=1S/C19H22N4OS/c1-4-23(15-7-5-6-13(2)10-15)17(24)8-9-20-18-16-11-14(3)25-19(16)22-12-21-18/h5-7,10-12H,4,8-9H2,1-3H3,(H,20,21,22). The molecule has 2 heterocycles. The summed E-state index contributed by atoms with van der Waals surface area (Å²) in [5, 5.41) is 4.30. The zero-order valence-electron chi connectivity index (χ0n) is 14.7. The van der Waals surface area contributed by atoms with E-state index in [1.54, 1.807) is 17.7 Å². The average Bonchev–Trinajstić information content (AvgIpc) is 2.97. The van der Waals surface area contributed by atoms with Crippen LogP contribution in [-0.2, 0) is 4.79 Å². The third-order valence-corrected chi connectivity index (χ3v) is 4.97. The molecule has 5 nitrogen and oxygen atoms in total. The van der Waals surface area contributed by atoms with Gasteiger partial charge in [-0.25, -0.2) is 9.97 Å². The molecule has 0 aliphatic carbocycles. The minimum absolute atomic E-state index is 0.104. The number of thiophene rings is 1. The van der Waals surface area contributed by atoms with Crippen molar-refractivity contribution >= 4 is 39.0 Å². The van der Waals surface area contributed by atoms with E-state index in [-0.39, 0.29) is 5.91 Å². The Morgan fingerprint density at radius 2 is 2.08 bits per heavy atom. The van der Waals surface area contributed by atoms with Crippen molar-refractivity contribution in [3.05, 3.63) is 47.1 Å². The average molecular weight is 354 g/mol. The van der Waals surface area contributed by atoms with Gasteiger partial charge < -0.3 is 10.2 Å². The predicted octanol–water partition coefficient (Wildman–Crippen LogP) is 4.16. The van der Waals surface area contributed by atoms with Gasteiger partial charge in [-0.1, -0.05) is 12.1 Å². The lowest BCUT2D eigenvalue weighted by atomic mass is 10.2. The van der Waals surface area contributed by atoms with Gasteiger partial charge in [-0.05, 0) is 44.5 Å². The summed E-state index contributed by atoms with van der Waals surface area (Å²) >= 11 is 1.65. The van der Waals surface area contributed by atoms with E-state index in [0.717, 1.165) is 27.3 Å². The Bertz CT molecular complexity index is 890. The maximum Gasteiger partial charge on any atom is 0.228 e. The van der Waals surface area contributed by atoms with E-state index in [0.29, 0.717) is 19.5 Å². The number of rotatable bonds is 6. The molecule has 3 rings (SSSR count). The number of amides is 1. The first-order valence-electron chi connectivity index (χ1n) is 8.40. The molecule has 0 fully saturated rings. The highest BCUT2D eigenvalue weighted by molar-refractivity contribution is 7.18. The van der Waals surface area contributed by atoms with Crippen LogP contribution < -0.4 is 10.2 Å². The summed E-state index contributed by atoms with van der Waals surface area (Å²) in [6, 6.07) is 10.1. The van der Waals surface area contributed by atoms with Gasteiger partial charge in [-0.15, -0.1) is 11.3 Å². The number of hydrogen-bond acceptors (Lipinski definition) is 5. The van der Waals surface area contributed by atoms with Gasteiger partial charge >= 0.3 is 0 Å². The molecule has 0 aliphatic heterocycles. The molecule has 0 bridgehead atoms. The predicted molar refractivity (Wildman–Crippen MR) is 104 cm³/mol. The molecule has 0 spiro atoms. The van der Waals surface area contributed by atoms with Crippen molar-refractivity contribution in [1.82, 2.24) is 9.97 Å². The monoisotopic (exact) mass is 354 g/mol. The minimum atomic E-state index is 0.104. The fourth-order valence-electron chi connectivity index (χ4n) is 2.84. The van der Waals surface area contributed by atoms with Crippen LogP contribution in [-0.4, -0.2) is 29.0 Å². The topological polar surface area (TPSA) is 58.1 Å². The van der Waals surface area contributed by atoms with E-state index in [2.05, 4.69) is 28.3 Å².